The zero-order valence-corrected chi connectivity index (χ0v) is 16.1. The average Bonchev–Trinajstić information content (AvgIpc) is 2.73. The predicted molar refractivity (Wildman–Crippen MR) is 107 cm³/mol. The molecule has 2 N–H and O–H groups in total. The van der Waals surface area contributed by atoms with Gasteiger partial charge in [0.15, 0.2) is 5.82 Å². The number of aliphatic hydroxyl groups excluding tert-OH is 1. The van der Waals surface area contributed by atoms with Crippen molar-refractivity contribution in [3.63, 3.8) is 0 Å². The van der Waals surface area contributed by atoms with Gasteiger partial charge in [-0.25, -0.2) is 9.97 Å². The summed E-state index contributed by atoms with van der Waals surface area (Å²) < 4.78 is 6.40. The summed E-state index contributed by atoms with van der Waals surface area (Å²) in [5.41, 5.74) is 1.35. The van der Waals surface area contributed by atoms with Gasteiger partial charge >= 0.3 is 0 Å². The number of carbonyl (C=O) groups is 1. The van der Waals surface area contributed by atoms with Crippen LogP contribution in [0, 0.1) is 6.92 Å². The summed E-state index contributed by atoms with van der Waals surface area (Å²) in [6, 6.07) is 6.90. The maximum absolute atomic E-state index is 13.0. The van der Waals surface area contributed by atoms with Crippen molar-refractivity contribution in [1.82, 2.24) is 19.5 Å². The van der Waals surface area contributed by atoms with Crippen LogP contribution in [0.3, 0.4) is 0 Å². The van der Waals surface area contributed by atoms with Gasteiger partial charge < -0.3 is 15.2 Å². The molecule has 150 valence electrons. The smallest absolute Gasteiger partial charge is 0.257 e. The molecule has 1 aromatic carbocycles. The molecule has 1 amide bonds. The molecule has 0 unspecified atom stereocenters. The van der Waals surface area contributed by atoms with Gasteiger partial charge in [0.2, 0.25) is 5.91 Å². The van der Waals surface area contributed by atoms with E-state index in [-0.39, 0.29) is 25.4 Å². The minimum Gasteiger partial charge on any atom is -0.497 e. The van der Waals surface area contributed by atoms with Gasteiger partial charge in [-0.3, -0.25) is 19.1 Å². The molecule has 0 aliphatic heterocycles. The quantitative estimate of drug-likeness (QED) is 0.617. The summed E-state index contributed by atoms with van der Waals surface area (Å²) >= 11 is 0. The lowest BCUT2D eigenvalue weighted by Crippen LogP contribution is -2.33. The summed E-state index contributed by atoms with van der Waals surface area (Å²) in [6.45, 7) is 1.22. The number of amides is 1. The molecule has 0 bridgehead atoms. The molecule has 9 heteroatoms. The Bertz CT molecular complexity index is 1070. The van der Waals surface area contributed by atoms with Crippen molar-refractivity contribution < 1.29 is 14.6 Å². The highest BCUT2D eigenvalue weighted by molar-refractivity contribution is 5.91. The van der Waals surface area contributed by atoms with Gasteiger partial charge in [0.05, 0.1) is 13.3 Å². The third-order valence-corrected chi connectivity index (χ3v) is 4.28. The van der Waals surface area contributed by atoms with Crippen molar-refractivity contribution >= 4 is 11.6 Å². The predicted octanol–water partition coefficient (Wildman–Crippen LogP) is 1.19. The highest BCUT2D eigenvalue weighted by Crippen LogP contribution is 2.18. The summed E-state index contributed by atoms with van der Waals surface area (Å²) in [4.78, 5) is 38.3. The first kappa shape index (κ1) is 20.2. The fraction of sp³-hybridized carbons (Fsp3) is 0.250. The van der Waals surface area contributed by atoms with Crippen LogP contribution >= 0.6 is 0 Å². The zero-order valence-electron chi connectivity index (χ0n) is 16.1. The van der Waals surface area contributed by atoms with E-state index in [2.05, 4.69) is 20.3 Å². The van der Waals surface area contributed by atoms with Crippen LogP contribution in [0.5, 0.6) is 5.75 Å². The molecule has 3 rings (SSSR count). The normalized spacial score (nSPS) is 10.6. The summed E-state index contributed by atoms with van der Waals surface area (Å²) in [7, 11) is 1.54. The molecular formula is C20H21N5O4. The lowest BCUT2D eigenvalue weighted by Gasteiger charge is -2.15. The Kier molecular flexibility index (Phi) is 6.30. The molecule has 3 aromatic rings. The maximum Gasteiger partial charge on any atom is 0.257 e. The third kappa shape index (κ3) is 4.64. The van der Waals surface area contributed by atoms with Crippen molar-refractivity contribution in [3.8, 4) is 17.3 Å². The van der Waals surface area contributed by atoms with E-state index in [1.807, 2.05) is 0 Å². The summed E-state index contributed by atoms with van der Waals surface area (Å²) in [5, 5.41) is 12.0. The van der Waals surface area contributed by atoms with E-state index in [0.29, 0.717) is 28.4 Å². The zero-order chi connectivity index (χ0) is 20.8. The second-order valence-corrected chi connectivity index (χ2v) is 6.24. The number of aryl methyl sites for hydroxylation is 1. The van der Waals surface area contributed by atoms with Gasteiger partial charge in [-0.2, -0.15) is 0 Å². The minimum atomic E-state index is -0.411. The number of nitrogens with zero attached hydrogens (tertiary/aromatic N) is 4. The van der Waals surface area contributed by atoms with Crippen LogP contribution in [0.25, 0.3) is 11.5 Å². The molecule has 0 saturated carbocycles. The second-order valence-electron chi connectivity index (χ2n) is 6.24. The lowest BCUT2D eigenvalue weighted by atomic mass is 10.1. The van der Waals surface area contributed by atoms with E-state index in [1.54, 1.807) is 31.2 Å². The Labute approximate surface area is 167 Å². The Morgan fingerprint density at radius 2 is 2.14 bits per heavy atom. The van der Waals surface area contributed by atoms with Crippen molar-refractivity contribution in [1.29, 1.82) is 0 Å². The maximum atomic E-state index is 13.0. The van der Waals surface area contributed by atoms with Crippen molar-refractivity contribution in [3.05, 3.63) is 64.5 Å². The number of hydrogen-bond acceptors (Lipinski definition) is 7. The topological polar surface area (TPSA) is 119 Å². The van der Waals surface area contributed by atoms with E-state index >= 15 is 0 Å². The number of anilines is 1. The second kappa shape index (κ2) is 9.07. The van der Waals surface area contributed by atoms with Crippen LogP contribution in [-0.2, 0) is 17.8 Å². The van der Waals surface area contributed by atoms with E-state index in [0.717, 1.165) is 0 Å². The van der Waals surface area contributed by atoms with E-state index < -0.39 is 11.5 Å². The summed E-state index contributed by atoms with van der Waals surface area (Å²) in [5.74, 6) is 0.427. The Balaban J connectivity index is 1.98. The minimum absolute atomic E-state index is 0.149. The Morgan fingerprint density at radius 1 is 1.31 bits per heavy atom. The molecule has 0 spiro atoms. The molecule has 0 fully saturated rings. The van der Waals surface area contributed by atoms with Gasteiger partial charge in [0, 0.05) is 48.4 Å². The fourth-order valence-corrected chi connectivity index (χ4v) is 2.90. The number of ether oxygens (including phenoxy) is 1. The van der Waals surface area contributed by atoms with Gasteiger partial charge in [-0.15, -0.1) is 0 Å². The SMILES string of the molecule is COc1cccc(NC(=O)Cn2c(-c3cnccn3)nc(C)c(CCO)c2=O)c1. The molecule has 2 aromatic heterocycles. The molecule has 2 heterocycles. The molecule has 0 aliphatic carbocycles. The van der Waals surface area contributed by atoms with Crippen LogP contribution in [0.15, 0.2) is 47.7 Å². The first-order valence-electron chi connectivity index (χ1n) is 8.95. The Morgan fingerprint density at radius 3 is 2.83 bits per heavy atom. The first-order valence-corrected chi connectivity index (χ1v) is 8.95. The molecule has 9 nitrogen and oxygen atoms in total. The third-order valence-electron chi connectivity index (χ3n) is 4.28. The van der Waals surface area contributed by atoms with E-state index in [4.69, 9.17) is 4.74 Å². The fourth-order valence-electron chi connectivity index (χ4n) is 2.90. The molecule has 0 atom stereocenters. The van der Waals surface area contributed by atoms with Crippen LogP contribution in [-0.4, -0.2) is 44.2 Å². The Hall–Kier alpha value is -3.59. The average molecular weight is 395 g/mol. The molecule has 0 aliphatic rings. The number of carbonyl (C=O) groups excluding carboxylic acids is 1. The van der Waals surface area contributed by atoms with Gasteiger partial charge in [-0.05, 0) is 19.1 Å². The number of hydrogen-bond donors (Lipinski definition) is 2. The molecule has 0 saturated heterocycles. The van der Waals surface area contributed by atoms with Gasteiger partial charge in [-0.1, -0.05) is 6.07 Å². The van der Waals surface area contributed by atoms with Crippen LogP contribution in [0.4, 0.5) is 5.69 Å². The molecule has 0 radical (unpaired) electrons. The van der Waals surface area contributed by atoms with Gasteiger partial charge in [0.1, 0.15) is 18.0 Å². The van der Waals surface area contributed by atoms with Gasteiger partial charge in [0.25, 0.3) is 5.56 Å². The van der Waals surface area contributed by atoms with E-state index in [9.17, 15) is 14.7 Å². The number of aliphatic hydroxyl groups is 1. The van der Waals surface area contributed by atoms with Crippen molar-refractivity contribution in [2.75, 3.05) is 19.0 Å². The highest BCUT2D eigenvalue weighted by Gasteiger charge is 2.18. The molecular weight excluding hydrogens is 374 g/mol. The highest BCUT2D eigenvalue weighted by atomic mass is 16.5. The van der Waals surface area contributed by atoms with Crippen molar-refractivity contribution in [2.24, 2.45) is 0 Å². The number of rotatable bonds is 7. The van der Waals surface area contributed by atoms with E-state index in [1.165, 1.54) is 30.3 Å². The number of aromatic nitrogens is 4. The van der Waals surface area contributed by atoms with Crippen molar-refractivity contribution in [2.45, 2.75) is 19.9 Å². The number of benzene rings is 1. The largest absolute Gasteiger partial charge is 0.497 e. The molecule has 29 heavy (non-hydrogen) atoms. The number of methoxy groups -OCH3 is 1. The van der Waals surface area contributed by atoms with Crippen LogP contribution < -0.4 is 15.6 Å². The first-order chi connectivity index (χ1) is 14.0. The van der Waals surface area contributed by atoms with Crippen LogP contribution in [0.2, 0.25) is 0 Å². The monoisotopic (exact) mass is 395 g/mol. The lowest BCUT2D eigenvalue weighted by molar-refractivity contribution is -0.116. The standard InChI is InChI=1S/C20H21N5O4/c1-13-16(6-9-26)20(28)25(19(23-13)17-11-21-7-8-22-17)12-18(27)24-14-4-3-5-15(10-14)29-2/h3-5,7-8,10-11,26H,6,9,12H2,1-2H3,(H,24,27). The number of nitrogens with one attached hydrogen (secondary N) is 1. The van der Waals surface area contributed by atoms with Crippen LogP contribution in [0.1, 0.15) is 11.3 Å². The summed E-state index contributed by atoms with van der Waals surface area (Å²) in [6.07, 6.45) is 4.62.